The van der Waals surface area contributed by atoms with E-state index < -0.39 is 5.97 Å². The van der Waals surface area contributed by atoms with Gasteiger partial charge in [-0.3, -0.25) is 4.90 Å². The van der Waals surface area contributed by atoms with Crippen molar-refractivity contribution in [2.24, 2.45) is 0 Å². The highest BCUT2D eigenvalue weighted by molar-refractivity contribution is 5.94. The second-order valence-corrected chi connectivity index (χ2v) is 8.61. The fraction of sp³-hybridized carbons (Fsp3) is 0.308. The van der Waals surface area contributed by atoms with Crippen LogP contribution in [0.15, 0.2) is 63.9 Å². The molecule has 0 bridgehead atoms. The lowest BCUT2D eigenvalue weighted by atomic mass is 10.0. The quantitative estimate of drug-likeness (QED) is 0.329. The molecule has 1 saturated heterocycles. The van der Waals surface area contributed by atoms with Gasteiger partial charge in [-0.25, -0.2) is 9.59 Å². The second-order valence-electron chi connectivity index (χ2n) is 8.61. The van der Waals surface area contributed by atoms with E-state index in [0.29, 0.717) is 11.1 Å². The number of unbranched alkanes of at least 4 members (excludes halogenated alkanes) is 1. The molecule has 0 amide bonds. The van der Waals surface area contributed by atoms with Crippen LogP contribution in [0.5, 0.6) is 0 Å². The molecule has 7 nitrogen and oxygen atoms in total. The van der Waals surface area contributed by atoms with Gasteiger partial charge in [0.25, 0.3) is 0 Å². The Bertz CT molecular complexity index is 1350. The number of fused-ring (bicyclic) bond motifs is 2. The molecule has 2 aromatic heterocycles. The summed E-state index contributed by atoms with van der Waals surface area (Å²) in [7, 11) is 0. The topological polar surface area (TPSA) is 89.8 Å². The van der Waals surface area contributed by atoms with E-state index in [2.05, 4.69) is 14.8 Å². The minimum Gasteiger partial charge on any atom is -0.478 e. The number of aromatic nitrogens is 1. The number of piperazine rings is 1. The number of hydrogen-bond acceptors (Lipinski definition) is 5. The molecule has 170 valence electrons. The molecule has 1 fully saturated rings. The third-order valence-electron chi connectivity index (χ3n) is 6.53. The Hall–Kier alpha value is -3.58. The van der Waals surface area contributed by atoms with Crippen molar-refractivity contribution in [3.8, 4) is 0 Å². The number of H-pyrrole nitrogens is 1. The Kier molecular flexibility index (Phi) is 5.88. The van der Waals surface area contributed by atoms with Crippen LogP contribution < -0.4 is 10.5 Å². The highest BCUT2D eigenvalue weighted by Gasteiger charge is 2.19. The normalized spacial score (nSPS) is 14.8. The SMILES string of the molecule is O=C(O)c1ccc2[nH]cc(CCCCN3CCN(c4cc(=O)oc5ccccc45)CC3)c2c1. The number of para-hydroxylation sites is 1. The molecule has 33 heavy (non-hydrogen) atoms. The van der Waals surface area contributed by atoms with Crippen molar-refractivity contribution < 1.29 is 14.3 Å². The van der Waals surface area contributed by atoms with Crippen molar-refractivity contribution >= 4 is 33.5 Å². The van der Waals surface area contributed by atoms with Crippen molar-refractivity contribution in [2.45, 2.75) is 19.3 Å². The molecule has 2 N–H and O–H groups in total. The van der Waals surface area contributed by atoms with E-state index in [-0.39, 0.29) is 5.63 Å². The van der Waals surface area contributed by atoms with Gasteiger partial charge < -0.3 is 19.4 Å². The summed E-state index contributed by atoms with van der Waals surface area (Å²) in [6.07, 6.45) is 5.06. The van der Waals surface area contributed by atoms with Crippen molar-refractivity contribution in [3.05, 3.63) is 76.3 Å². The first-order valence-corrected chi connectivity index (χ1v) is 11.4. The number of nitrogens with zero attached hydrogens (tertiary/aromatic N) is 2. The van der Waals surface area contributed by atoms with Crippen LogP contribution in [0.1, 0.15) is 28.8 Å². The van der Waals surface area contributed by atoms with Gasteiger partial charge in [0.1, 0.15) is 5.58 Å². The van der Waals surface area contributed by atoms with E-state index >= 15 is 0 Å². The zero-order valence-corrected chi connectivity index (χ0v) is 18.4. The number of benzene rings is 2. The second kappa shape index (κ2) is 9.11. The lowest BCUT2D eigenvalue weighted by molar-refractivity contribution is 0.0697. The third-order valence-corrected chi connectivity index (χ3v) is 6.53. The van der Waals surface area contributed by atoms with E-state index in [9.17, 15) is 14.7 Å². The number of aryl methyl sites for hydroxylation is 1. The van der Waals surface area contributed by atoms with Crippen molar-refractivity contribution in [3.63, 3.8) is 0 Å². The van der Waals surface area contributed by atoms with Gasteiger partial charge >= 0.3 is 11.6 Å². The van der Waals surface area contributed by atoms with E-state index in [1.807, 2.05) is 36.5 Å². The Balaban J connectivity index is 1.14. The fourth-order valence-corrected chi connectivity index (χ4v) is 4.74. The number of anilines is 1. The molecule has 5 rings (SSSR count). The lowest BCUT2D eigenvalue weighted by Gasteiger charge is -2.36. The molecule has 7 heteroatoms. The number of carbonyl (C=O) groups is 1. The van der Waals surface area contributed by atoms with Crippen LogP contribution >= 0.6 is 0 Å². The maximum atomic E-state index is 12.0. The maximum Gasteiger partial charge on any atom is 0.338 e. The summed E-state index contributed by atoms with van der Waals surface area (Å²) in [5.74, 6) is -0.896. The highest BCUT2D eigenvalue weighted by Crippen LogP contribution is 2.26. The zero-order chi connectivity index (χ0) is 22.8. The minimum absolute atomic E-state index is 0.307. The third kappa shape index (κ3) is 4.50. The fourth-order valence-electron chi connectivity index (χ4n) is 4.74. The minimum atomic E-state index is -0.896. The molecule has 0 aliphatic carbocycles. The number of carboxylic acids is 1. The van der Waals surface area contributed by atoms with Crippen LogP contribution in [-0.4, -0.2) is 53.7 Å². The molecule has 0 atom stereocenters. The molecule has 2 aromatic carbocycles. The summed E-state index contributed by atoms with van der Waals surface area (Å²) in [6, 6.07) is 14.5. The van der Waals surface area contributed by atoms with Crippen molar-refractivity contribution in [1.82, 2.24) is 9.88 Å². The molecule has 1 aliphatic rings. The van der Waals surface area contributed by atoms with Crippen LogP contribution in [0.25, 0.3) is 21.9 Å². The van der Waals surface area contributed by atoms with Gasteiger partial charge in [-0.05, 0) is 61.7 Å². The molecule has 0 saturated carbocycles. The standard InChI is InChI=1S/C26H27N3O4/c30-25-16-23(20-6-1-2-7-24(20)33-25)29-13-11-28(12-14-29)10-4-3-5-19-17-27-22-9-8-18(26(31)32)15-21(19)22/h1-2,6-9,15-17,27H,3-5,10-14H2,(H,31,32). The van der Waals surface area contributed by atoms with Gasteiger partial charge in [0.2, 0.25) is 0 Å². The number of nitrogens with one attached hydrogen (secondary N) is 1. The Morgan fingerprint density at radius 3 is 2.64 bits per heavy atom. The summed E-state index contributed by atoms with van der Waals surface area (Å²) < 4.78 is 5.33. The first-order valence-electron chi connectivity index (χ1n) is 11.4. The molecule has 4 aromatic rings. The predicted molar refractivity (Wildman–Crippen MR) is 129 cm³/mol. The number of hydrogen-bond donors (Lipinski definition) is 2. The summed E-state index contributed by atoms with van der Waals surface area (Å²) >= 11 is 0. The molecular formula is C26H27N3O4. The average molecular weight is 446 g/mol. The van der Waals surface area contributed by atoms with Crippen LogP contribution in [0, 0.1) is 0 Å². The Labute approximate surface area is 191 Å². The molecule has 0 radical (unpaired) electrons. The van der Waals surface area contributed by atoms with E-state index in [0.717, 1.165) is 74.0 Å². The van der Waals surface area contributed by atoms with Gasteiger partial charge in [0, 0.05) is 54.7 Å². The molecule has 3 heterocycles. The number of carboxylic acid groups (broad SMARTS) is 1. The average Bonchev–Trinajstić information content (AvgIpc) is 3.24. The predicted octanol–water partition coefficient (Wildman–Crippen LogP) is 4.12. The Morgan fingerprint density at radius 2 is 1.82 bits per heavy atom. The first kappa shape index (κ1) is 21.3. The van der Waals surface area contributed by atoms with Gasteiger partial charge in [-0.2, -0.15) is 0 Å². The molecule has 0 unspecified atom stereocenters. The van der Waals surface area contributed by atoms with Crippen molar-refractivity contribution in [2.75, 3.05) is 37.6 Å². The number of aromatic amines is 1. The van der Waals surface area contributed by atoms with E-state index in [1.54, 1.807) is 18.2 Å². The van der Waals surface area contributed by atoms with Crippen LogP contribution in [0.2, 0.25) is 0 Å². The molecular weight excluding hydrogens is 418 g/mol. The lowest BCUT2D eigenvalue weighted by Crippen LogP contribution is -2.46. The van der Waals surface area contributed by atoms with Crippen LogP contribution in [0.3, 0.4) is 0 Å². The maximum absolute atomic E-state index is 12.0. The monoisotopic (exact) mass is 445 g/mol. The van der Waals surface area contributed by atoms with Gasteiger partial charge in [-0.1, -0.05) is 12.1 Å². The van der Waals surface area contributed by atoms with Crippen molar-refractivity contribution in [1.29, 1.82) is 0 Å². The van der Waals surface area contributed by atoms with Crippen LogP contribution in [0.4, 0.5) is 5.69 Å². The first-order chi connectivity index (χ1) is 16.1. The zero-order valence-electron chi connectivity index (χ0n) is 18.4. The van der Waals surface area contributed by atoms with Gasteiger partial charge in [0.15, 0.2) is 0 Å². The van der Waals surface area contributed by atoms with Crippen LogP contribution in [-0.2, 0) is 6.42 Å². The molecule has 1 aliphatic heterocycles. The summed E-state index contributed by atoms with van der Waals surface area (Å²) in [6.45, 7) is 4.73. The highest BCUT2D eigenvalue weighted by atomic mass is 16.4. The van der Waals surface area contributed by atoms with E-state index in [4.69, 9.17) is 4.42 Å². The number of aromatic carboxylic acids is 1. The van der Waals surface area contributed by atoms with E-state index in [1.165, 1.54) is 5.56 Å². The largest absolute Gasteiger partial charge is 0.478 e. The summed E-state index contributed by atoms with van der Waals surface area (Å²) in [5, 5.41) is 11.2. The van der Waals surface area contributed by atoms with Gasteiger partial charge in [-0.15, -0.1) is 0 Å². The summed E-state index contributed by atoms with van der Waals surface area (Å²) in [4.78, 5) is 31.2. The summed E-state index contributed by atoms with van der Waals surface area (Å²) in [5.41, 5.74) is 3.77. The number of rotatable bonds is 7. The Morgan fingerprint density at radius 1 is 1.00 bits per heavy atom. The van der Waals surface area contributed by atoms with Gasteiger partial charge in [0.05, 0.1) is 11.3 Å². The smallest absolute Gasteiger partial charge is 0.338 e. The molecule has 0 spiro atoms.